The van der Waals surface area contributed by atoms with Gasteiger partial charge in [-0.25, -0.2) is 14.2 Å². The van der Waals surface area contributed by atoms with Gasteiger partial charge in [0, 0.05) is 26.3 Å². The lowest BCUT2D eigenvalue weighted by Crippen LogP contribution is -2.46. The average molecular weight is 699 g/mol. The van der Waals surface area contributed by atoms with Crippen molar-refractivity contribution in [2.75, 3.05) is 13.2 Å². The number of nitrogens with one attached hydrogen (secondary N) is 1. The van der Waals surface area contributed by atoms with E-state index < -0.39 is 60.4 Å². The van der Waals surface area contributed by atoms with Gasteiger partial charge in [0.1, 0.15) is 19.3 Å². The Hall–Kier alpha value is -4.94. The van der Waals surface area contributed by atoms with Crippen LogP contribution in [0.1, 0.15) is 42.6 Å². The Kier molecular flexibility index (Phi) is 12.2. The Bertz CT molecular complexity index is 1910. The molecule has 1 amide bonds. The largest absolute Gasteiger partial charge is 0.462 e. The molecule has 0 spiro atoms. The van der Waals surface area contributed by atoms with Crippen molar-refractivity contribution < 1.29 is 33.4 Å². The molecule has 4 rings (SSSR count). The second kappa shape index (κ2) is 16.2. The number of hydrogen-bond acceptors (Lipinski definition) is 9. The van der Waals surface area contributed by atoms with E-state index in [1.54, 1.807) is 75.5 Å². The normalized spacial score (nSPS) is 11.6. The smallest absolute Gasteiger partial charge is 0.335 e. The van der Waals surface area contributed by atoms with Crippen molar-refractivity contribution in [2.24, 2.45) is 7.05 Å². The zero-order valence-corrected chi connectivity index (χ0v) is 27.9. The van der Waals surface area contributed by atoms with Crippen LogP contribution in [0.25, 0.3) is 16.6 Å². The molecule has 1 atom stereocenters. The number of halogens is 2. The molecular weight excluding hydrogens is 665 g/mol. The summed E-state index contributed by atoms with van der Waals surface area (Å²) in [6, 6.07) is 16.2. The molecule has 48 heavy (non-hydrogen) atoms. The number of rotatable bonds is 13. The molecule has 4 aromatic rings. The van der Waals surface area contributed by atoms with Crippen molar-refractivity contribution in [3.8, 4) is 5.69 Å². The van der Waals surface area contributed by atoms with Gasteiger partial charge in [0.2, 0.25) is 0 Å². The van der Waals surface area contributed by atoms with E-state index in [0.717, 1.165) is 4.57 Å². The van der Waals surface area contributed by atoms with E-state index in [-0.39, 0.29) is 40.6 Å². The predicted octanol–water partition coefficient (Wildman–Crippen LogP) is 4.16. The van der Waals surface area contributed by atoms with Gasteiger partial charge in [0.05, 0.1) is 32.2 Å². The van der Waals surface area contributed by atoms with Crippen molar-refractivity contribution in [2.45, 2.75) is 45.3 Å². The summed E-state index contributed by atoms with van der Waals surface area (Å²) < 4.78 is 18.3. The van der Waals surface area contributed by atoms with Crippen molar-refractivity contribution >= 4 is 57.9 Å². The molecule has 0 radical (unpaired) electrons. The summed E-state index contributed by atoms with van der Waals surface area (Å²) in [5, 5.41) is 3.07. The SMILES string of the molecule is CCC(=O)OCC(COC(=O)CC)OC(=O)[C@H](Cc1ccc(-n2c(=O)c3ccccc3n(C)c2=O)cc1)NC(=O)c1c(Cl)cccc1Cl. The number of esters is 3. The van der Waals surface area contributed by atoms with Gasteiger partial charge in [-0.2, -0.15) is 0 Å². The fourth-order valence-corrected chi connectivity index (χ4v) is 5.30. The quantitative estimate of drug-likeness (QED) is 0.160. The van der Waals surface area contributed by atoms with Gasteiger partial charge in [-0.3, -0.25) is 23.7 Å². The van der Waals surface area contributed by atoms with Gasteiger partial charge in [-0.15, -0.1) is 0 Å². The number of aryl methyl sites for hydroxylation is 1. The van der Waals surface area contributed by atoms with E-state index in [1.807, 2.05) is 0 Å². The first-order valence-corrected chi connectivity index (χ1v) is 15.8. The molecular formula is C34H33Cl2N3O9. The highest BCUT2D eigenvalue weighted by Crippen LogP contribution is 2.24. The number of hydrogen-bond donors (Lipinski definition) is 1. The third-order valence-electron chi connectivity index (χ3n) is 7.31. The van der Waals surface area contributed by atoms with Crippen molar-refractivity contribution in [3.05, 3.63) is 109 Å². The molecule has 0 aliphatic carbocycles. The van der Waals surface area contributed by atoms with Crippen LogP contribution < -0.4 is 16.6 Å². The molecule has 0 aliphatic heterocycles. The number of fused-ring (bicyclic) bond motifs is 1. The molecule has 14 heteroatoms. The van der Waals surface area contributed by atoms with Gasteiger partial charge in [0.15, 0.2) is 6.10 Å². The number of carbonyl (C=O) groups excluding carboxylic acids is 4. The van der Waals surface area contributed by atoms with Crippen molar-refractivity contribution in [1.29, 1.82) is 0 Å². The minimum atomic E-state index is -1.33. The predicted molar refractivity (Wildman–Crippen MR) is 179 cm³/mol. The fourth-order valence-electron chi connectivity index (χ4n) is 4.73. The summed E-state index contributed by atoms with van der Waals surface area (Å²) >= 11 is 12.5. The molecule has 0 saturated carbocycles. The summed E-state index contributed by atoms with van der Waals surface area (Å²) in [7, 11) is 1.57. The van der Waals surface area contributed by atoms with E-state index in [4.69, 9.17) is 37.4 Å². The fraction of sp³-hybridized carbons (Fsp3) is 0.294. The van der Waals surface area contributed by atoms with Crippen LogP contribution in [0.2, 0.25) is 10.0 Å². The van der Waals surface area contributed by atoms with E-state index in [9.17, 15) is 28.8 Å². The molecule has 12 nitrogen and oxygen atoms in total. The first-order chi connectivity index (χ1) is 22.9. The second-order valence-electron chi connectivity index (χ2n) is 10.6. The third-order valence-corrected chi connectivity index (χ3v) is 7.94. The summed E-state index contributed by atoms with van der Waals surface area (Å²) in [6.45, 7) is 2.39. The topological polar surface area (TPSA) is 152 Å². The number of para-hydroxylation sites is 1. The van der Waals surface area contributed by atoms with Gasteiger partial charge in [-0.1, -0.05) is 67.4 Å². The lowest BCUT2D eigenvalue weighted by atomic mass is 10.0. The molecule has 1 aromatic heterocycles. The molecule has 1 N–H and O–H groups in total. The molecule has 0 aliphatic rings. The third kappa shape index (κ3) is 8.50. The molecule has 0 fully saturated rings. The van der Waals surface area contributed by atoms with Crippen LogP contribution in [0.4, 0.5) is 0 Å². The molecule has 0 bridgehead atoms. The Balaban J connectivity index is 1.64. The highest BCUT2D eigenvalue weighted by Gasteiger charge is 2.29. The number of benzene rings is 3. The number of aromatic nitrogens is 2. The maximum atomic E-state index is 13.6. The van der Waals surface area contributed by atoms with E-state index in [1.165, 1.54) is 16.7 Å². The van der Waals surface area contributed by atoms with Gasteiger partial charge >= 0.3 is 23.6 Å². The highest BCUT2D eigenvalue weighted by atomic mass is 35.5. The van der Waals surface area contributed by atoms with Gasteiger partial charge in [0.25, 0.3) is 11.5 Å². The van der Waals surface area contributed by atoms with E-state index in [0.29, 0.717) is 16.5 Å². The number of amides is 1. The van der Waals surface area contributed by atoms with Crippen molar-refractivity contribution in [1.82, 2.24) is 14.5 Å². The summed E-state index contributed by atoms with van der Waals surface area (Å²) in [6.07, 6.45) is -1.15. The molecule has 3 aromatic carbocycles. The van der Waals surface area contributed by atoms with Crippen LogP contribution in [0, 0.1) is 0 Å². The zero-order valence-electron chi connectivity index (χ0n) is 26.4. The first kappa shape index (κ1) is 35.9. The highest BCUT2D eigenvalue weighted by molar-refractivity contribution is 6.39. The van der Waals surface area contributed by atoms with Crippen LogP contribution >= 0.6 is 23.2 Å². The van der Waals surface area contributed by atoms with Gasteiger partial charge in [-0.05, 0) is 42.0 Å². The monoisotopic (exact) mass is 697 g/mol. The summed E-state index contributed by atoms with van der Waals surface area (Å²) in [4.78, 5) is 76.9. The van der Waals surface area contributed by atoms with Crippen LogP contribution in [-0.4, -0.2) is 58.3 Å². The number of ether oxygens (including phenoxy) is 3. The molecule has 1 heterocycles. The van der Waals surface area contributed by atoms with Crippen molar-refractivity contribution in [3.63, 3.8) is 0 Å². The summed E-state index contributed by atoms with van der Waals surface area (Å²) in [5.41, 5.74) is 0.190. The van der Waals surface area contributed by atoms with E-state index in [2.05, 4.69) is 5.32 Å². The minimum absolute atomic E-state index is 0.0507. The summed E-state index contributed by atoms with van der Waals surface area (Å²) in [5.74, 6) is -2.81. The molecule has 0 saturated heterocycles. The molecule has 0 unspecified atom stereocenters. The Morgan fingerprint density at radius 2 is 1.40 bits per heavy atom. The number of carbonyl (C=O) groups is 4. The Labute approximate surface area is 285 Å². The Morgan fingerprint density at radius 1 is 0.812 bits per heavy atom. The minimum Gasteiger partial charge on any atom is -0.462 e. The average Bonchev–Trinajstić information content (AvgIpc) is 3.08. The zero-order chi connectivity index (χ0) is 35.0. The van der Waals surface area contributed by atoms with Crippen LogP contribution in [-0.2, 0) is 42.1 Å². The van der Waals surface area contributed by atoms with Crippen LogP contribution in [0.5, 0.6) is 0 Å². The van der Waals surface area contributed by atoms with E-state index >= 15 is 0 Å². The molecule has 252 valence electrons. The Morgan fingerprint density at radius 3 is 1.98 bits per heavy atom. The lowest BCUT2D eigenvalue weighted by molar-refractivity contribution is -0.167. The standard InChI is InChI=1S/C34H33Cl2N3O9/c1-4-28(40)46-18-22(19-47-29(41)5-2)48-33(44)26(37-31(42)30-24(35)10-8-11-25(30)36)17-20-13-15-21(16-14-20)39-32(43)23-9-6-7-12-27(23)38(3)34(39)45/h6-16,22,26H,4-5,17-19H2,1-3H3,(H,37,42)/t26-/m0/s1. The number of nitrogens with zero attached hydrogens (tertiary/aromatic N) is 2. The lowest BCUT2D eigenvalue weighted by Gasteiger charge is -2.23. The van der Waals surface area contributed by atoms with Gasteiger partial charge < -0.3 is 19.5 Å². The second-order valence-corrected chi connectivity index (χ2v) is 11.4. The maximum absolute atomic E-state index is 13.6. The van der Waals surface area contributed by atoms with Crippen LogP contribution in [0.15, 0.2) is 76.3 Å². The van der Waals surface area contributed by atoms with Crippen LogP contribution in [0.3, 0.4) is 0 Å². The first-order valence-electron chi connectivity index (χ1n) is 15.0. The maximum Gasteiger partial charge on any atom is 0.335 e.